The molecule has 1 aliphatic rings. The Kier molecular flexibility index (Phi) is 6.63. The van der Waals surface area contributed by atoms with Gasteiger partial charge in [0.25, 0.3) is 0 Å². The fraction of sp³-hybridized carbons (Fsp3) is 0.350. The van der Waals surface area contributed by atoms with Crippen LogP contribution in [0.2, 0.25) is 5.02 Å². The maximum atomic E-state index is 13.1. The Labute approximate surface area is 190 Å². The van der Waals surface area contributed by atoms with E-state index in [0.717, 1.165) is 18.5 Å². The molecule has 0 bridgehead atoms. The van der Waals surface area contributed by atoms with E-state index in [9.17, 15) is 9.59 Å². The van der Waals surface area contributed by atoms with E-state index >= 15 is 0 Å². The molecule has 1 N–H and O–H groups in total. The zero-order chi connectivity index (χ0) is 18.6. The SMILES string of the molecule is CN(C)c1c(Cl)ccc2c(=O)c3ccc(C4(C)CC4)nc3n(C[C-]=O)c12.[Na+].[OH-]. The van der Waals surface area contributed by atoms with E-state index in [2.05, 4.69) is 6.92 Å². The summed E-state index contributed by atoms with van der Waals surface area (Å²) in [7, 11) is 3.72. The fourth-order valence-corrected chi connectivity index (χ4v) is 3.84. The second kappa shape index (κ2) is 8.13. The summed E-state index contributed by atoms with van der Waals surface area (Å²) in [4.78, 5) is 31.0. The van der Waals surface area contributed by atoms with Crippen LogP contribution in [0.3, 0.4) is 0 Å². The molecule has 1 aliphatic carbocycles. The number of nitrogens with zero attached hydrogens (tertiary/aromatic N) is 3. The van der Waals surface area contributed by atoms with Gasteiger partial charge in [0.2, 0.25) is 0 Å². The number of halogens is 1. The second-order valence-corrected chi connectivity index (χ2v) is 7.78. The minimum absolute atomic E-state index is 0. The molecule has 1 fully saturated rings. The molecule has 2 heterocycles. The van der Waals surface area contributed by atoms with Crippen molar-refractivity contribution < 1.29 is 39.8 Å². The largest absolute Gasteiger partial charge is 1.00 e. The van der Waals surface area contributed by atoms with Crippen LogP contribution >= 0.6 is 11.6 Å². The Morgan fingerprint density at radius 2 is 1.86 bits per heavy atom. The Balaban J connectivity index is 0.00000140. The van der Waals surface area contributed by atoms with Crippen molar-refractivity contribution in [3.63, 3.8) is 0 Å². The first kappa shape index (κ1) is 22.8. The van der Waals surface area contributed by atoms with Crippen molar-refractivity contribution in [2.45, 2.75) is 31.7 Å². The molecule has 0 radical (unpaired) electrons. The normalized spacial score (nSPS) is 14.3. The van der Waals surface area contributed by atoms with E-state index in [-0.39, 0.29) is 52.4 Å². The van der Waals surface area contributed by atoms with E-state index in [0.29, 0.717) is 32.6 Å². The Hall–Kier alpha value is -1.44. The van der Waals surface area contributed by atoms with Crippen LogP contribution in [0, 0.1) is 0 Å². The summed E-state index contributed by atoms with van der Waals surface area (Å²) in [6.07, 6.45) is 4.12. The van der Waals surface area contributed by atoms with Gasteiger partial charge in [-0.15, -0.1) is 0 Å². The molecular weight excluding hydrogens is 389 g/mol. The number of anilines is 1. The van der Waals surface area contributed by atoms with E-state index in [4.69, 9.17) is 16.6 Å². The molecule has 1 saturated carbocycles. The molecule has 0 aliphatic heterocycles. The van der Waals surface area contributed by atoms with Gasteiger partial charge in [0.1, 0.15) is 5.65 Å². The van der Waals surface area contributed by atoms with Crippen molar-refractivity contribution in [2.75, 3.05) is 19.0 Å². The summed E-state index contributed by atoms with van der Waals surface area (Å²) >= 11 is 6.41. The zero-order valence-corrected chi connectivity index (χ0v) is 19.2. The Morgan fingerprint density at radius 1 is 1.21 bits per heavy atom. The van der Waals surface area contributed by atoms with Crippen LogP contribution in [-0.2, 0) is 16.8 Å². The maximum Gasteiger partial charge on any atom is 1.00 e. The predicted molar refractivity (Wildman–Crippen MR) is 107 cm³/mol. The van der Waals surface area contributed by atoms with Crippen molar-refractivity contribution in [1.29, 1.82) is 0 Å². The summed E-state index contributed by atoms with van der Waals surface area (Å²) in [6, 6.07) is 7.19. The molecule has 6 nitrogen and oxygen atoms in total. The maximum absolute atomic E-state index is 13.1. The molecule has 8 heteroatoms. The number of benzene rings is 1. The van der Waals surface area contributed by atoms with Crippen LogP contribution in [-0.4, -0.2) is 35.4 Å². The molecule has 0 unspecified atom stereocenters. The smallest absolute Gasteiger partial charge is 0.870 e. The van der Waals surface area contributed by atoms with Crippen LogP contribution in [0.5, 0.6) is 0 Å². The molecule has 2 aromatic heterocycles. The van der Waals surface area contributed by atoms with Gasteiger partial charge in [-0.3, -0.25) is 4.79 Å². The summed E-state index contributed by atoms with van der Waals surface area (Å²) in [5.74, 6) is 0. The molecule has 0 atom stereocenters. The minimum Gasteiger partial charge on any atom is -0.870 e. The third-order valence-electron chi connectivity index (χ3n) is 5.28. The van der Waals surface area contributed by atoms with Crippen molar-refractivity contribution in [2.24, 2.45) is 0 Å². The third kappa shape index (κ3) is 3.48. The van der Waals surface area contributed by atoms with Gasteiger partial charge >= 0.3 is 29.6 Å². The van der Waals surface area contributed by atoms with Crippen molar-refractivity contribution >= 4 is 45.5 Å². The van der Waals surface area contributed by atoms with E-state index in [1.165, 1.54) is 0 Å². The topological polar surface area (TPSA) is 85.2 Å². The zero-order valence-electron chi connectivity index (χ0n) is 16.4. The van der Waals surface area contributed by atoms with E-state index < -0.39 is 0 Å². The van der Waals surface area contributed by atoms with Gasteiger partial charge in [0, 0.05) is 30.6 Å². The second-order valence-electron chi connectivity index (χ2n) is 7.37. The number of hydrogen-bond donors (Lipinski definition) is 0. The van der Waals surface area contributed by atoms with Crippen LogP contribution in [0.25, 0.3) is 21.9 Å². The fourth-order valence-electron chi connectivity index (χ4n) is 3.52. The predicted octanol–water partition coefficient (Wildman–Crippen LogP) is 0.258. The first-order valence-electron chi connectivity index (χ1n) is 8.56. The number of pyridine rings is 2. The van der Waals surface area contributed by atoms with Crippen molar-refractivity contribution in [3.8, 4) is 0 Å². The van der Waals surface area contributed by atoms with Crippen LogP contribution in [0.4, 0.5) is 5.69 Å². The molecule has 142 valence electrons. The van der Waals surface area contributed by atoms with Crippen LogP contribution < -0.4 is 39.9 Å². The molecule has 28 heavy (non-hydrogen) atoms. The summed E-state index contributed by atoms with van der Waals surface area (Å²) in [5, 5.41) is 1.55. The first-order chi connectivity index (χ1) is 12.4. The van der Waals surface area contributed by atoms with Gasteiger partial charge in [-0.25, -0.2) is 11.3 Å². The summed E-state index contributed by atoms with van der Waals surface area (Å²) in [6.45, 7) is 2.15. The molecular formula is C20H20ClN3NaO3-. The van der Waals surface area contributed by atoms with E-state index in [1.54, 1.807) is 16.7 Å². The van der Waals surface area contributed by atoms with Crippen molar-refractivity contribution in [3.05, 3.63) is 45.2 Å². The number of aromatic nitrogens is 2. The molecule has 0 saturated heterocycles. The monoisotopic (exact) mass is 408 g/mol. The van der Waals surface area contributed by atoms with Gasteiger partial charge < -0.3 is 19.7 Å². The average Bonchev–Trinajstić information content (AvgIpc) is 3.36. The van der Waals surface area contributed by atoms with Gasteiger partial charge in [-0.1, -0.05) is 25.1 Å². The molecule has 1 aromatic carbocycles. The van der Waals surface area contributed by atoms with Gasteiger partial charge in [0.15, 0.2) is 5.43 Å². The Morgan fingerprint density at radius 3 is 2.43 bits per heavy atom. The quantitative estimate of drug-likeness (QED) is 0.351. The van der Waals surface area contributed by atoms with Gasteiger partial charge in [-0.05, 0) is 37.1 Å². The molecule has 3 aromatic rings. The number of rotatable bonds is 4. The average molecular weight is 409 g/mol. The first-order valence-corrected chi connectivity index (χ1v) is 8.94. The molecule has 4 rings (SSSR count). The standard InChI is InChI=1S/C20H19ClN3O2.Na.H2O/c1-20(8-9-20)15-7-5-13-18(26)12-4-6-14(21)17(23(2)3)16(12)24(10-11-25)19(13)22-15;;/h4-7H,8-10H2,1-3H3;;1H2/q-1;+1;/p-1. The van der Waals surface area contributed by atoms with Crippen LogP contribution in [0.1, 0.15) is 25.5 Å². The number of carbonyl (C=O) groups excluding carboxylic acids is 1. The third-order valence-corrected chi connectivity index (χ3v) is 5.59. The van der Waals surface area contributed by atoms with E-state index in [1.807, 2.05) is 37.4 Å². The van der Waals surface area contributed by atoms with Crippen LogP contribution in [0.15, 0.2) is 29.1 Å². The summed E-state index contributed by atoms with van der Waals surface area (Å²) in [5.41, 5.74) is 2.75. The van der Waals surface area contributed by atoms with Gasteiger partial charge in [-0.2, -0.15) is 0 Å². The molecule has 0 amide bonds. The minimum atomic E-state index is -0.100. The number of hydrogen-bond acceptors (Lipinski definition) is 5. The van der Waals surface area contributed by atoms with Gasteiger partial charge in [0.05, 0.1) is 21.6 Å². The Bertz CT molecular complexity index is 1120. The molecule has 0 spiro atoms. The number of fused-ring (bicyclic) bond motifs is 2. The van der Waals surface area contributed by atoms with Crippen molar-refractivity contribution in [1.82, 2.24) is 9.55 Å². The summed E-state index contributed by atoms with van der Waals surface area (Å²) < 4.78 is 1.76.